The molecule has 1 aromatic heterocycles. The Morgan fingerprint density at radius 3 is 2.52 bits per heavy atom. The molecule has 1 heterocycles. The Bertz CT molecular complexity index is 818. The molecule has 1 aromatic carbocycles. The first kappa shape index (κ1) is 20.4. The molecule has 0 atom stereocenters. The number of hydrazone groups is 1. The Hall–Kier alpha value is -2.95. The maximum Gasteiger partial charge on any atom is 0.387 e. The van der Waals surface area contributed by atoms with Gasteiger partial charge in [0.1, 0.15) is 18.1 Å². The summed E-state index contributed by atoms with van der Waals surface area (Å²) in [6.07, 6.45) is 0.380. The van der Waals surface area contributed by atoms with Gasteiger partial charge in [0.2, 0.25) is 0 Å². The number of nitrogens with two attached hydrogens (primary N) is 1. The first-order valence-electron chi connectivity index (χ1n) is 7.17. The molecular formula is C15H12ClF4N5O2. The molecule has 0 saturated heterocycles. The largest absolute Gasteiger partial charge is 0.457 e. The highest BCUT2D eigenvalue weighted by atomic mass is 35.5. The van der Waals surface area contributed by atoms with Crippen molar-refractivity contribution in [2.24, 2.45) is 15.9 Å². The topological polar surface area (TPSA) is 95.0 Å². The van der Waals surface area contributed by atoms with Crippen molar-refractivity contribution in [3.05, 3.63) is 41.2 Å². The van der Waals surface area contributed by atoms with Crippen LogP contribution < -0.4 is 15.3 Å². The van der Waals surface area contributed by atoms with Crippen LogP contribution in [0.4, 0.5) is 23.2 Å². The lowest BCUT2D eigenvalue weighted by molar-refractivity contribution is -0.0497. The number of aromatic nitrogens is 2. The normalized spacial score (nSPS) is 12.2. The summed E-state index contributed by atoms with van der Waals surface area (Å²) in [5, 5.41) is 3.44. The van der Waals surface area contributed by atoms with E-state index in [4.69, 9.17) is 22.2 Å². The van der Waals surface area contributed by atoms with Gasteiger partial charge in [-0.15, -0.1) is 0 Å². The predicted molar refractivity (Wildman–Crippen MR) is 90.3 cm³/mol. The third kappa shape index (κ3) is 6.37. The fourth-order valence-electron chi connectivity index (χ4n) is 1.67. The molecule has 0 radical (unpaired) electrons. The van der Waals surface area contributed by atoms with Crippen molar-refractivity contribution in [1.82, 2.24) is 9.97 Å². The van der Waals surface area contributed by atoms with E-state index in [1.165, 1.54) is 24.4 Å². The van der Waals surface area contributed by atoms with Crippen LogP contribution in [0.5, 0.6) is 11.8 Å². The number of hydrogen-bond donors (Lipinski definition) is 1. The molecule has 0 saturated carbocycles. The van der Waals surface area contributed by atoms with Crippen LogP contribution in [0.3, 0.4) is 0 Å². The number of halogens is 5. The maximum absolute atomic E-state index is 12.4. The molecule has 0 fully saturated rings. The zero-order chi connectivity index (χ0) is 19.8. The lowest BCUT2D eigenvalue weighted by Gasteiger charge is -2.07. The zero-order valence-corrected chi connectivity index (χ0v) is 14.2. The molecule has 0 aliphatic heterocycles. The Labute approximate surface area is 155 Å². The van der Waals surface area contributed by atoms with E-state index in [9.17, 15) is 17.6 Å². The van der Waals surface area contributed by atoms with Crippen molar-refractivity contribution in [3.8, 4) is 11.8 Å². The fraction of sp³-hybridized carbons (Fsp3) is 0.200. The summed E-state index contributed by atoms with van der Waals surface area (Å²) in [7, 11) is 0. The van der Waals surface area contributed by atoms with Crippen molar-refractivity contribution < 1.29 is 27.0 Å². The van der Waals surface area contributed by atoms with Crippen molar-refractivity contribution in [2.45, 2.75) is 13.0 Å². The summed E-state index contributed by atoms with van der Waals surface area (Å²) >= 11 is 5.74. The summed E-state index contributed by atoms with van der Waals surface area (Å²) in [5.74, 6) is 4.98. The number of aliphatic imine (C=N–C) groups is 1. The van der Waals surface area contributed by atoms with Gasteiger partial charge in [0.25, 0.3) is 6.43 Å². The first-order chi connectivity index (χ1) is 12.9. The van der Waals surface area contributed by atoms with Crippen molar-refractivity contribution in [1.29, 1.82) is 0 Å². The summed E-state index contributed by atoms with van der Waals surface area (Å²) in [4.78, 5) is 11.2. The lowest BCUT2D eigenvalue weighted by atomic mass is 10.3. The van der Waals surface area contributed by atoms with Gasteiger partial charge in [0, 0.05) is 18.5 Å². The molecule has 0 aliphatic rings. The molecule has 12 heteroatoms. The van der Waals surface area contributed by atoms with Gasteiger partial charge in [-0.05, 0) is 12.1 Å². The second-order valence-corrected chi connectivity index (χ2v) is 5.17. The van der Waals surface area contributed by atoms with E-state index in [-0.39, 0.29) is 40.4 Å². The molecule has 0 spiro atoms. The third-order valence-corrected chi connectivity index (χ3v) is 3.22. The predicted octanol–water partition coefficient (Wildman–Crippen LogP) is 3.77. The number of hydrogen-bond acceptors (Lipinski definition) is 7. The zero-order valence-electron chi connectivity index (χ0n) is 13.4. The SMILES string of the molecule is NN=C(C=Nc1ccc(Cl)c(OC(F)F)c1)COc1ncc(C(F)F)cn1. The van der Waals surface area contributed by atoms with E-state index < -0.39 is 13.0 Å². The van der Waals surface area contributed by atoms with E-state index in [2.05, 4.69) is 24.8 Å². The average molecular weight is 406 g/mol. The summed E-state index contributed by atoms with van der Waals surface area (Å²) in [6.45, 7) is -3.24. The number of benzene rings is 1. The Balaban J connectivity index is 2.00. The molecule has 7 nitrogen and oxygen atoms in total. The van der Waals surface area contributed by atoms with E-state index in [0.29, 0.717) is 0 Å². The molecule has 2 aromatic rings. The van der Waals surface area contributed by atoms with Crippen molar-refractivity contribution in [3.63, 3.8) is 0 Å². The number of alkyl halides is 4. The molecule has 0 unspecified atom stereocenters. The van der Waals surface area contributed by atoms with E-state index in [1.54, 1.807) is 0 Å². The molecule has 144 valence electrons. The average Bonchev–Trinajstić information content (AvgIpc) is 2.64. The minimum Gasteiger partial charge on any atom is -0.457 e. The smallest absolute Gasteiger partial charge is 0.387 e. The van der Waals surface area contributed by atoms with E-state index >= 15 is 0 Å². The van der Waals surface area contributed by atoms with Crippen LogP contribution in [0.25, 0.3) is 0 Å². The standard InChI is InChI=1S/C15H12ClF4N5O2/c16-11-2-1-9(3-12(11)27-14(19)20)22-6-10(25-21)7-26-15-23-4-8(5-24-15)13(17)18/h1-6,13-14H,7,21H2. The van der Waals surface area contributed by atoms with Crippen LogP contribution in [0, 0.1) is 0 Å². The van der Waals surface area contributed by atoms with Crippen molar-refractivity contribution >= 4 is 29.2 Å². The van der Waals surface area contributed by atoms with Crippen LogP contribution in [0.1, 0.15) is 12.0 Å². The number of rotatable bonds is 8. The van der Waals surface area contributed by atoms with Gasteiger partial charge in [-0.3, -0.25) is 4.99 Å². The van der Waals surface area contributed by atoms with Gasteiger partial charge in [-0.1, -0.05) is 11.6 Å². The molecule has 0 bridgehead atoms. The molecule has 27 heavy (non-hydrogen) atoms. The maximum atomic E-state index is 12.4. The Kier molecular flexibility index (Phi) is 7.29. The van der Waals surface area contributed by atoms with Crippen LogP contribution in [-0.2, 0) is 0 Å². The van der Waals surface area contributed by atoms with E-state index in [1.807, 2.05) is 0 Å². The number of ether oxygens (including phenoxy) is 2. The van der Waals surface area contributed by atoms with Gasteiger partial charge < -0.3 is 15.3 Å². The van der Waals surface area contributed by atoms with Gasteiger partial charge in [-0.2, -0.15) is 13.9 Å². The van der Waals surface area contributed by atoms with Crippen molar-refractivity contribution in [2.75, 3.05) is 6.61 Å². The third-order valence-electron chi connectivity index (χ3n) is 2.91. The highest BCUT2D eigenvalue weighted by Crippen LogP contribution is 2.30. The van der Waals surface area contributed by atoms with Crippen LogP contribution in [-0.4, -0.2) is 35.1 Å². The van der Waals surface area contributed by atoms with Gasteiger partial charge in [0.05, 0.1) is 22.5 Å². The first-order valence-corrected chi connectivity index (χ1v) is 7.55. The highest BCUT2D eigenvalue weighted by Gasteiger charge is 2.10. The second-order valence-electron chi connectivity index (χ2n) is 4.76. The fourth-order valence-corrected chi connectivity index (χ4v) is 1.83. The molecular weight excluding hydrogens is 394 g/mol. The summed E-state index contributed by atoms with van der Waals surface area (Å²) in [5.41, 5.74) is 0.0396. The highest BCUT2D eigenvalue weighted by molar-refractivity contribution is 6.32. The van der Waals surface area contributed by atoms with E-state index in [0.717, 1.165) is 12.4 Å². The molecule has 0 aliphatic carbocycles. The summed E-state index contributed by atoms with van der Waals surface area (Å²) in [6, 6.07) is 3.83. The minimum absolute atomic E-state index is 0.00491. The monoisotopic (exact) mass is 405 g/mol. The van der Waals surface area contributed by atoms with Gasteiger partial charge in [0.15, 0.2) is 0 Å². The number of nitrogens with zero attached hydrogens (tertiary/aromatic N) is 4. The van der Waals surface area contributed by atoms with Crippen LogP contribution >= 0.6 is 11.6 Å². The molecule has 0 amide bonds. The molecule has 2 N–H and O–H groups in total. The Morgan fingerprint density at radius 2 is 1.93 bits per heavy atom. The Morgan fingerprint density at radius 1 is 1.22 bits per heavy atom. The van der Waals surface area contributed by atoms with Crippen LogP contribution in [0.2, 0.25) is 5.02 Å². The molecule has 2 rings (SSSR count). The van der Waals surface area contributed by atoms with Gasteiger partial charge in [-0.25, -0.2) is 18.7 Å². The minimum atomic E-state index is -3.03. The van der Waals surface area contributed by atoms with Crippen LogP contribution in [0.15, 0.2) is 40.7 Å². The van der Waals surface area contributed by atoms with Gasteiger partial charge >= 0.3 is 12.6 Å². The quantitative estimate of drug-likeness (QED) is 0.312. The second kappa shape index (κ2) is 9.67. The summed E-state index contributed by atoms with van der Waals surface area (Å²) < 4.78 is 58.9. The lowest BCUT2D eigenvalue weighted by Crippen LogP contribution is -2.16.